The Morgan fingerprint density at radius 2 is 1.57 bits per heavy atom. The molecule has 0 radical (unpaired) electrons. The number of allylic oxidation sites excluding steroid dienone is 11. The molecule has 28 heavy (non-hydrogen) atoms. The standard InChI is InChI=1S/C25H23NO2/c27-25(28)23-12-6-3-1-2-4-8-17-26-18-9-5-7-11-20-15-16-21-13-10-14-22(19-23)24(20)21/h1-14,17-19,26H,15-16H2,(H,27,28)/b3-1-,4-2-,7-5-,12-6-,17-8-,18-9-,20-11+,23-19-. The van der Waals surface area contributed by atoms with E-state index in [4.69, 9.17) is 0 Å². The topological polar surface area (TPSA) is 49.3 Å². The van der Waals surface area contributed by atoms with Crippen LogP contribution in [-0.4, -0.2) is 11.1 Å². The van der Waals surface area contributed by atoms with Gasteiger partial charge in [0.25, 0.3) is 0 Å². The second kappa shape index (κ2) is 9.93. The molecule has 0 atom stereocenters. The molecule has 2 aliphatic rings. The van der Waals surface area contributed by atoms with E-state index in [1.807, 2.05) is 73.1 Å². The predicted molar refractivity (Wildman–Crippen MR) is 116 cm³/mol. The van der Waals surface area contributed by atoms with Crippen molar-refractivity contribution in [3.63, 3.8) is 0 Å². The number of aliphatic carboxylic acids is 1. The fraction of sp³-hybridized carbons (Fsp3) is 0.0800. The van der Waals surface area contributed by atoms with Gasteiger partial charge in [-0.15, -0.1) is 0 Å². The molecule has 0 amide bonds. The second-order valence-corrected chi connectivity index (χ2v) is 6.38. The highest BCUT2D eigenvalue weighted by Gasteiger charge is 2.18. The summed E-state index contributed by atoms with van der Waals surface area (Å²) < 4.78 is 0. The van der Waals surface area contributed by atoms with Gasteiger partial charge in [-0.05, 0) is 59.4 Å². The van der Waals surface area contributed by atoms with Crippen LogP contribution in [-0.2, 0) is 11.2 Å². The maximum atomic E-state index is 11.7. The number of benzene rings is 1. The first-order valence-corrected chi connectivity index (χ1v) is 9.28. The fourth-order valence-corrected chi connectivity index (χ4v) is 3.18. The molecule has 0 bridgehead atoms. The number of aryl methyl sites for hydroxylation is 1. The Labute approximate surface area is 165 Å². The van der Waals surface area contributed by atoms with Crippen molar-refractivity contribution < 1.29 is 9.90 Å². The van der Waals surface area contributed by atoms with Gasteiger partial charge in [-0.3, -0.25) is 0 Å². The Balaban J connectivity index is 2.04. The Kier molecular flexibility index (Phi) is 6.80. The normalized spacial score (nSPS) is 27.0. The Bertz CT molecular complexity index is 966. The molecule has 0 saturated carbocycles. The van der Waals surface area contributed by atoms with Crippen LogP contribution >= 0.6 is 0 Å². The lowest BCUT2D eigenvalue weighted by atomic mass is 9.98. The molecular weight excluding hydrogens is 346 g/mol. The molecule has 1 heterocycles. The first kappa shape index (κ1) is 19.2. The first-order chi connectivity index (χ1) is 13.8. The van der Waals surface area contributed by atoms with Crippen LogP contribution in [0.1, 0.15) is 23.1 Å². The van der Waals surface area contributed by atoms with Crippen molar-refractivity contribution in [3.05, 3.63) is 120 Å². The number of carbonyl (C=O) groups is 1. The smallest absolute Gasteiger partial charge is 0.335 e. The minimum Gasteiger partial charge on any atom is -0.478 e. The molecule has 140 valence electrons. The predicted octanol–water partition coefficient (Wildman–Crippen LogP) is 5.34. The lowest BCUT2D eigenvalue weighted by molar-refractivity contribution is -0.132. The van der Waals surface area contributed by atoms with Crippen molar-refractivity contribution in [2.24, 2.45) is 0 Å². The van der Waals surface area contributed by atoms with E-state index in [0.717, 1.165) is 24.0 Å². The molecule has 0 saturated heterocycles. The molecule has 3 nitrogen and oxygen atoms in total. The van der Waals surface area contributed by atoms with Crippen molar-refractivity contribution in [3.8, 4) is 0 Å². The van der Waals surface area contributed by atoms with E-state index >= 15 is 0 Å². The summed E-state index contributed by atoms with van der Waals surface area (Å²) in [7, 11) is 0. The van der Waals surface area contributed by atoms with E-state index in [0.29, 0.717) is 0 Å². The summed E-state index contributed by atoms with van der Waals surface area (Å²) in [5.74, 6) is -0.939. The summed E-state index contributed by atoms with van der Waals surface area (Å²) in [6.45, 7) is 0. The molecule has 1 aromatic rings. The highest BCUT2D eigenvalue weighted by Crippen LogP contribution is 2.36. The van der Waals surface area contributed by atoms with Gasteiger partial charge in [0.2, 0.25) is 0 Å². The molecule has 1 aliphatic heterocycles. The summed E-state index contributed by atoms with van der Waals surface area (Å²) in [4.78, 5) is 11.7. The van der Waals surface area contributed by atoms with Gasteiger partial charge in [-0.25, -0.2) is 4.79 Å². The molecule has 1 aliphatic carbocycles. The van der Waals surface area contributed by atoms with Gasteiger partial charge in [-0.1, -0.05) is 66.8 Å². The SMILES string of the molecule is O=C(O)C1=C\c2cccc3c2/C(=C/C=C\C=C/N\C=C/C=C\C=C/C=C\1)CC3. The number of carboxylic acid groups (broad SMARTS) is 1. The number of hydrogen-bond donors (Lipinski definition) is 2. The van der Waals surface area contributed by atoms with Crippen molar-refractivity contribution in [2.75, 3.05) is 0 Å². The van der Waals surface area contributed by atoms with Crippen molar-refractivity contribution in [1.82, 2.24) is 5.32 Å². The number of rotatable bonds is 1. The van der Waals surface area contributed by atoms with Gasteiger partial charge in [0.1, 0.15) is 0 Å². The van der Waals surface area contributed by atoms with Gasteiger partial charge < -0.3 is 10.4 Å². The molecule has 0 unspecified atom stereocenters. The zero-order valence-corrected chi connectivity index (χ0v) is 15.6. The summed E-state index contributed by atoms with van der Waals surface area (Å²) in [5, 5.41) is 12.7. The molecule has 3 rings (SSSR count). The van der Waals surface area contributed by atoms with Crippen LogP contribution in [0.15, 0.2) is 103 Å². The lowest BCUT2D eigenvalue weighted by Crippen LogP contribution is -1.98. The zero-order valence-electron chi connectivity index (χ0n) is 15.6. The van der Waals surface area contributed by atoms with E-state index in [9.17, 15) is 9.90 Å². The van der Waals surface area contributed by atoms with Crippen LogP contribution in [0.25, 0.3) is 11.6 Å². The van der Waals surface area contributed by atoms with Crippen LogP contribution in [0.5, 0.6) is 0 Å². The van der Waals surface area contributed by atoms with E-state index in [2.05, 4.69) is 17.5 Å². The van der Waals surface area contributed by atoms with Gasteiger partial charge in [0.05, 0.1) is 5.57 Å². The quantitative estimate of drug-likeness (QED) is 0.702. The third kappa shape index (κ3) is 5.21. The fourth-order valence-electron chi connectivity index (χ4n) is 3.18. The lowest BCUT2D eigenvalue weighted by Gasteiger charge is -2.07. The minimum absolute atomic E-state index is 0.258. The first-order valence-electron chi connectivity index (χ1n) is 9.28. The highest BCUT2D eigenvalue weighted by atomic mass is 16.4. The van der Waals surface area contributed by atoms with E-state index in [1.165, 1.54) is 11.1 Å². The van der Waals surface area contributed by atoms with Crippen molar-refractivity contribution >= 4 is 17.6 Å². The largest absolute Gasteiger partial charge is 0.478 e. The van der Waals surface area contributed by atoms with Gasteiger partial charge in [0.15, 0.2) is 0 Å². The average Bonchev–Trinajstić information content (AvgIpc) is 3.10. The maximum absolute atomic E-state index is 11.7. The molecule has 2 N–H and O–H groups in total. The number of carboxylic acids is 1. The van der Waals surface area contributed by atoms with Crippen LogP contribution in [0, 0.1) is 0 Å². The van der Waals surface area contributed by atoms with E-state index < -0.39 is 5.97 Å². The third-order valence-electron chi connectivity index (χ3n) is 4.46. The van der Waals surface area contributed by atoms with Crippen LogP contribution in [0.2, 0.25) is 0 Å². The molecular formula is C25H23NO2. The van der Waals surface area contributed by atoms with Crippen LogP contribution in [0.4, 0.5) is 0 Å². The van der Waals surface area contributed by atoms with Crippen molar-refractivity contribution in [1.29, 1.82) is 0 Å². The zero-order chi connectivity index (χ0) is 19.6. The summed E-state index contributed by atoms with van der Waals surface area (Å²) in [5.41, 5.74) is 4.85. The Hall–Kier alpha value is -3.59. The second-order valence-electron chi connectivity index (χ2n) is 6.38. The third-order valence-corrected chi connectivity index (χ3v) is 4.46. The highest BCUT2D eigenvalue weighted by molar-refractivity contribution is 5.96. The summed E-state index contributed by atoms with van der Waals surface area (Å²) in [6.07, 6.45) is 28.1. The monoisotopic (exact) mass is 369 g/mol. The molecule has 0 aromatic heterocycles. The van der Waals surface area contributed by atoms with E-state index in [-0.39, 0.29) is 5.57 Å². The molecule has 3 heteroatoms. The number of nitrogens with one attached hydrogen (secondary N) is 1. The maximum Gasteiger partial charge on any atom is 0.335 e. The molecule has 1 aromatic carbocycles. The average molecular weight is 369 g/mol. The molecule has 0 spiro atoms. The molecule has 0 fully saturated rings. The van der Waals surface area contributed by atoms with Gasteiger partial charge >= 0.3 is 5.97 Å². The van der Waals surface area contributed by atoms with Crippen LogP contribution in [0.3, 0.4) is 0 Å². The Morgan fingerprint density at radius 1 is 0.857 bits per heavy atom. The van der Waals surface area contributed by atoms with E-state index in [1.54, 1.807) is 18.2 Å². The minimum atomic E-state index is -0.939. The van der Waals surface area contributed by atoms with Gasteiger partial charge in [0, 0.05) is 12.4 Å². The van der Waals surface area contributed by atoms with Gasteiger partial charge in [-0.2, -0.15) is 0 Å². The van der Waals surface area contributed by atoms with Crippen molar-refractivity contribution in [2.45, 2.75) is 12.8 Å². The number of hydrogen-bond acceptors (Lipinski definition) is 2. The Morgan fingerprint density at radius 3 is 2.36 bits per heavy atom. The summed E-state index contributed by atoms with van der Waals surface area (Å²) in [6, 6.07) is 6.09. The summed E-state index contributed by atoms with van der Waals surface area (Å²) >= 11 is 0. The van der Waals surface area contributed by atoms with Crippen LogP contribution < -0.4 is 5.32 Å².